The summed E-state index contributed by atoms with van der Waals surface area (Å²) in [6, 6.07) is 11.6. The first kappa shape index (κ1) is 17.6. The molecule has 4 rings (SSSR count). The predicted molar refractivity (Wildman–Crippen MR) is 96.9 cm³/mol. The number of hydrogen-bond donors (Lipinski definition) is 0. The van der Waals surface area contributed by atoms with Crippen LogP contribution in [0, 0.1) is 5.82 Å². The van der Waals surface area contributed by atoms with Gasteiger partial charge in [-0.1, -0.05) is 18.2 Å². The maximum atomic E-state index is 13.1. The molecule has 1 aliphatic carbocycles. The van der Waals surface area contributed by atoms with E-state index < -0.39 is 10.0 Å². The van der Waals surface area contributed by atoms with Crippen molar-refractivity contribution in [3.63, 3.8) is 0 Å². The molecule has 1 heterocycles. The second-order valence-corrected chi connectivity index (χ2v) is 8.85. The minimum Gasteiger partial charge on any atom is -0.371 e. The van der Waals surface area contributed by atoms with Crippen molar-refractivity contribution >= 4 is 10.0 Å². The molecule has 2 aromatic rings. The van der Waals surface area contributed by atoms with Gasteiger partial charge in [-0.2, -0.15) is 4.31 Å². The van der Waals surface area contributed by atoms with Gasteiger partial charge in [-0.15, -0.1) is 0 Å². The molecule has 0 N–H and O–H groups in total. The van der Waals surface area contributed by atoms with Gasteiger partial charge in [-0.3, -0.25) is 0 Å². The van der Waals surface area contributed by atoms with E-state index in [1.165, 1.54) is 28.4 Å². The van der Waals surface area contributed by atoms with Crippen LogP contribution in [0.15, 0.2) is 47.4 Å². The van der Waals surface area contributed by atoms with E-state index in [-0.39, 0.29) is 18.5 Å². The number of fused-ring (bicyclic) bond motifs is 1. The summed E-state index contributed by atoms with van der Waals surface area (Å²) in [5.41, 5.74) is 3.21. The maximum absolute atomic E-state index is 13.1. The molecule has 1 saturated heterocycles. The van der Waals surface area contributed by atoms with Crippen LogP contribution in [-0.4, -0.2) is 32.4 Å². The van der Waals surface area contributed by atoms with Crippen molar-refractivity contribution in [2.45, 2.75) is 36.7 Å². The molecule has 0 amide bonds. The molecule has 0 saturated carbocycles. The third-order valence-electron chi connectivity index (χ3n) is 5.23. The minimum absolute atomic E-state index is 0.241. The van der Waals surface area contributed by atoms with Crippen LogP contribution >= 0.6 is 0 Å². The second-order valence-electron chi connectivity index (χ2n) is 6.91. The molecule has 0 aromatic heterocycles. The van der Waals surface area contributed by atoms with Crippen molar-refractivity contribution < 1.29 is 17.5 Å². The van der Waals surface area contributed by atoms with Crippen LogP contribution in [0.2, 0.25) is 0 Å². The van der Waals surface area contributed by atoms with Gasteiger partial charge in [0, 0.05) is 13.1 Å². The summed E-state index contributed by atoms with van der Waals surface area (Å²) < 4.78 is 46.6. The zero-order valence-corrected chi connectivity index (χ0v) is 15.3. The number of morpholine rings is 1. The zero-order valence-electron chi connectivity index (χ0n) is 14.5. The lowest BCUT2D eigenvalue weighted by Crippen LogP contribution is -2.42. The van der Waals surface area contributed by atoms with Crippen LogP contribution in [0.1, 0.15) is 35.6 Å². The highest BCUT2D eigenvalue weighted by Crippen LogP contribution is 2.29. The van der Waals surface area contributed by atoms with E-state index in [1.807, 2.05) is 12.1 Å². The second kappa shape index (κ2) is 7.10. The van der Waals surface area contributed by atoms with Crippen molar-refractivity contribution in [3.8, 4) is 0 Å². The molecule has 1 fully saturated rings. The number of rotatable bonds is 3. The highest BCUT2D eigenvalue weighted by molar-refractivity contribution is 7.89. The van der Waals surface area contributed by atoms with Crippen LogP contribution in [0.4, 0.5) is 4.39 Å². The molecule has 1 aliphatic heterocycles. The molecule has 4 nitrogen and oxygen atoms in total. The monoisotopic (exact) mass is 375 g/mol. The standard InChI is InChI=1S/C20H22FNO3S/c21-18-8-5-16(6-9-18)20-14-22(11-12-25-20)26(23,24)19-10-7-15-3-1-2-4-17(15)13-19/h5-10,13,20H,1-4,11-12,14H2/t20-/m1/s1. The molecule has 0 radical (unpaired) electrons. The molecule has 0 bridgehead atoms. The average molecular weight is 375 g/mol. The lowest BCUT2D eigenvalue weighted by molar-refractivity contribution is -0.00258. The molecule has 0 unspecified atom stereocenters. The van der Waals surface area contributed by atoms with Crippen LogP contribution in [0.3, 0.4) is 0 Å². The first-order valence-electron chi connectivity index (χ1n) is 9.03. The lowest BCUT2D eigenvalue weighted by Gasteiger charge is -2.32. The molecule has 1 atom stereocenters. The Kier molecular flexibility index (Phi) is 4.82. The number of benzene rings is 2. The van der Waals surface area contributed by atoms with Gasteiger partial charge in [0.15, 0.2) is 0 Å². The number of halogens is 1. The van der Waals surface area contributed by atoms with Crippen molar-refractivity contribution in [1.29, 1.82) is 0 Å². The first-order chi connectivity index (χ1) is 12.5. The summed E-state index contributed by atoms with van der Waals surface area (Å²) in [5, 5.41) is 0. The van der Waals surface area contributed by atoms with Crippen LogP contribution in [0.25, 0.3) is 0 Å². The SMILES string of the molecule is O=S(=O)(c1ccc2c(c1)CCCC2)N1CCO[C@@H](c2ccc(F)cc2)C1. The van der Waals surface area contributed by atoms with Gasteiger partial charge in [-0.05, 0) is 66.6 Å². The molecular weight excluding hydrogens is 353 g/mol. The molecule has 26 heavy (non-hydrogen) atoms. The summed E-state index contributed by atoms with van der Waals surface area (Å²) in [4.78, 5) is 0.359. The third-order valence-corrected chi connectivity index (χ3v) is 7.09. The summed E-state index contributed by atoms with van der Waals surface area (Å²) >= 11 is 0. The first-order valence-corrected chi connectivity index (χ1v) is 10.5. The van der Waals surface area contributed by atoms with Gasteiger partial charge in [0.05, 0.1) is 17.6 Å². The fourth-order valence-electron chi connectivity index (χ4n) is 3.74. The highest BCUT2D eigenvalue weighted by Gasteiger charge is 2.32. The molecule has 138 valence electrons. The highest BCUT2D eigenvalue weighted by atomic mass is 32.2. The van der Waals surface area contributed by atoms with Gasteiger partial charge < -0.3 is 4.74 Å². The van der Waals surface area contributed by atoms with E-state index >= 15 is 0 Å². The Morgan fingerprint density at radius 2 is 1.73 bits per heavy atom. The number of ether oxygens (including phenoxy) is 1. The number of aryl methyl sites for hydroxylation is 2. The van der Waals surface area contributed by atoms with Crippen molar-refractivity contribution in [1.82, 2.24) is 4.31 Å². The van der Waals surface area contributed by atoms with E-state index in [2.05, 4.69) is 0 Å². The number of hydrogen-bond acceptors (Lipinski definition) is 3. The Morgan fingerprint density at radius 1 is 1.00 bits per heavy atom. The van der Waals surface area contributed by atoms with Crippen molar-refractivity contribution in [2.24, 2.45) is 0 Å². The Morgan fingerprint density at radius 3 is 2.50 bits per heavy atom. The van der Waals surface area contributed by atoms with E-state index in [9.17, 15) is 12.8 Å². The van der Waals surface area contributed by atoms with E-state index in [0.29, 0.717) is 18.0 Å². The largest absolute Gasteiger partial charge is 0.371 e. The molecule has 2 aliphatic rings. The van der Waals surface area contributed by atoms with E-state index in [0.717, 1.165) is 30.4 Å². The summed E-state index contributed by atoms with van der Waals surface area (Å²) in [6.45, 7) is 0.897. The zero-order chi connectivity index (χ0) is 18.1. The topological polar surface area (TPSA) is 46.6 Å². The normalized spacial score (nSPS) is 21.3. The number of nitrogens with zero attached hydrogens (tertiary/aromatic N) is 1. The Labute approximate surface area is 153 Å². The smallest absolute Gasteiger partial charge is 0.243 e. The van der Waals surface area contributed by atoms with Crippen LogP contribution in [-0.2, 0) is 27.6 Å². The summed E-state index contributed by atoms with van der Waals surface area (Å²) in [6.07, 6.45) is 3.87. The maximum Gasteiger partial charge on any atom is 0.243 e. The number of sulfonamides is 1. The Bertz CT molecular complexity index is 896. The van der Waals surface area contributed by atoms with Gasteiger partial charge in [0.2, 0.25) is 10.0 Å². The molecule has 0 spiro atoms. The molecule has 6 heteroatoms. The van der Waals surface area contributed by atoms with Crippen LogP contribution in [0.5, 0.6) is 0 Å². The minimum atomic E-state index is -3.57. The van der Waals surface area contributed by atoms with Gasteiger partial charge in [-0.25, -0.2) is 12.8 Å². The van der Waals surface area contributed by atoms with Crippen LogP contribution < -0.4 is 0 Å². The van der Waals surface area contributed by atoms with Gasteiger partial charge in [0.1, 0.15) is 5.82 Å². The molecule has 2 aromatic carbocycles. The third kappa shape index (κ3) is 3.41. The van der Waals surface area contributed by atoms with Gasteiger partial charge >= 0.3 is 0 Å². The fraction of sp³-hybridized carbons (Fsp3) is 0.400. The van der Waals surface area contributed by atoms with E-state index in [1.54, 1.807) is 18.2 Å². The van der Waals surface area contributed by atoms with Crippen molar-refractivity contribution in [2.75, 3.05) is 19.7 Å². The Hall–Kier alpha value is -1.76. The quantitative estimate of drug-likeness (QED) is 0.825. The fourth-order valence-corrected chi connectivity index (χ4v) is 5.22. The lowest BCUT2D eigenvalue weighted by atomic mass is 9.92. The van der Waals surface area contributed by atoms with Crippen molar-refractivity contribution in [3.05, 3.63) is 65.0 Å². The molecular formula is C20H22FNO3S. The van der Waals surface area contributed by atoms with Gasteiger partial charge in [0.25, 0.3) is 0 Å². The summed E-state index contributed by atoms with van der Waals surface area (Å²) in [5.74, 6) is -0.317. The Balaban J connectivity index is 1.58. The summed E-state index contributed by atoms with van der Waals surface area (Å²) in [7, 11) is -3.57. The predicted octanol–water partition coefficient (Wildman–Crippen LogP) is 3.47. The average Bonchev–Trinajstić information content (AvgIpc) is 2.68. The van der Waals surface area contributed by atoms with E-state index in [4.69, 9.17) is 4.74 Å².